The molecule has 1 rings (SSSR count). The summed E-state index contributed by atoms with van der Waals surface area (Å²) in [4.78, 5) is 11.8. The average molecular weight is 260 g/mol. The molecule has 1 aromatic heterocycles. The molecule has 17 heavy (non-hydrogen) atoms. The highest BCUT2D eigenvalue weighted by atomic mass is 35.5. The second-order valence-electron chi connectivity index (χ2n) is 4.11. The number of nitrogens with zero attached hydrogens (tertiary/aromatic N) is 2. The summed E-state index contributed by atoms with van der Waals surface area (Å²) >= 11 is 5.93. The zero-order chi connectivity index (χ0) is 13.1. The molecule has 1 aromatic rings. The number of hydrogen-bond acceptors (Lipinski definition) is 4. The molecule has 96 valence electrons. The molecular formula is C11H18ClN3O2. The van der Waals surface area contributed by atoms with Crippen LogP contribution in [0.2, 0.25) is 5.02 Å². The zero-order valence-electron chi connectivity index (χ0n) is 10.6. The number of carbonyl (C=O) groups excluding carboxylic acids is 1. The van der Waals surface area contributed by atoms with Gasteiger partial charge in [0.25, 0.3) is 0 Å². The van der Waals surface area contributed by atoms with Crippen molar-refractivity contribution in [3.8, 4) is 0 Å². The van der Waals surface area contributed by atoms with Gasteiger partial charge >= 0.3 is 5.97 Å². The van der Waals surface area contributed by atoms with Crippen LogP contribution >= 0.6 is 11.6 Å². The van der Waals surface area contributed by atoms with Gasteiger partial charge < -0.3 is 10.1 Å². The van der Waals surface area contributed by atoms with Gasteiger partial charge in [-0.25, -0.2) is 4.79 Å². The van der Waals surface area contributed by atoms with Gasteiger partial charge in [0, 0.05) is 6.20 Å². The maximum atomic E-state index is 11.8. The lowest BCUT2D eigenvalue weighted by molar-refractivity contribution is -0.148. The van der Waals surface area contributed by atoms with Gasteiger partial charge in [-0.2, -0.15) is 5.10 Å². The van der Waals surface area contributed by atoms with Crippen LogP contribution in [0.3, 0.4) is 0 Å². The number of hydrogen-bond donors (Lipinski definition) is 1. The van der Waals surface area contributed by atoms with E-state index in [0.29, 0.717) is 18.1 Å². The van der Waals surface area contributed by atoms with Gasteiger partial charge in [0.1, 0.15) is 5.54 Å². The molecule has 6 heteroatoms. The van der Waals surface area contributed by atoms with E-state index in [1.54, 1.807) is 17.8 Å². The number of methoxy groups -OCH3 is 1. The topological polar surface area (TPSA) is 56.2 Å². The van der Waals surface area contributed by atoms with Crippen LogP contribution < -0.4 is 5.32 Å². The van der Waals surface area contributed by atoms with Crippen LogP contribution in [0.1, 0.15) is 19.5 Å². The van der Waals surface area contributed by atoms with Crippen LogP contribution in [-0.4, -0.2) is 34.9 Å². The summed E-state index contributed by atoms with van der Waals surface area (Å²) in [5.41, 5.74) is -0.0546. The van der Waals surface area contributed by atoms with Gasteiger partial charge in [0.2, 0.25) is 0 Å². The van der Waals surface area contributed by atoms with Crippen molar-refractivity contribution < 1.29 is 9.53 Å². The number of halogens is 1. The predicted molar refractivity (Wildman–Crippen MR) is 66.1 cm³/mol. The number of aryl methyl sites for hydroxylation is 1. The molecule has 0 saturated carbocycles. The van der Waals surface area contributed by atoms with Gasteiger partial charge in [-0.15, -0.1) is 0 Å². The molecule has 1 N–H and O–H groups in total. The number of ether oxygens (including phenoxy) is 1. The number of rotatable bonds is 5. The Morgan fingerprint density at radius 2 is 2.35 bits per heavy atom. The predicted octanol–water partition coefficient (Wildman–Crippen LogP) is 1.39. The van der Waals surface area contributed by atoms with E-state index in [1.807, 2.05) is 13.8 Å². The van der Waals surface area contributed by atoms with Gasteiger partial charge in [-0.3, -0.25) is 4.68 Å². The van der Waals surface area contributed by atoms with Crippen molar-refractivity contribution in [2.75, 3.05) is 13.7 Å². The number of likely N-dealkylation sites (N-methyl/N-ethyl adjacent to an activating group) is 1. The first-order chi connectivity index (χ1) is 7.92. The van der Waals surface area contributed by atoms with E-state index >= 15 is 0 Å². The third-order valence-electron chi connectivity index (χ3n) is 2.57. The van der Waals surface area contributed by atoms with E-state index in [4.69, 9.17) is 16.3 Å². The molecule has 0 bridgehead atoms. The minimum atomic E-state index is -0.800. The lowest BCUT2D eigenvalue weighted by atomic mass is 10.0. The summed E-state index contributed by atoms with van der Waals surface area (Å²) in [6.07, 6.45) is 1.70. The van der Waals surface area contributed by atoms with E-state index in [1.165, 1.54) is 7.11 Å². The Bertz CT molecular complexity index is 386. The maximum Gasteiger partial charge on any atom is 0.327 e. The van der Waals surface area contributed by atoms with Crippen LogP contribution in [0.25, 0.3) is 0 Å². The van der Waals surface area contributed by atoms with Gasteiger partial charge in [0.15, 0.2) is 0 Å². The van der Waals surface area contributed by atoms with Crippen molar-refractivity contribution in [3.05, 3.63) is 16.9 Å². The normalized spacial score (nSPS) is 14.4. The van der Waals surface area contributed by atoms with Crippen molar-refractivity contribution >= 4 is 17.6 Å². The molecule has 0 amide bonds. The van der Waals surface area contributed by atoms with Crippen molar-refractivity contribution in [1.82, 2.24) is 15.1 Å². The molecule has 5 nitrogen and oxygen atoms in total. The van der Waals surface area contributed by atoms with E-state index in [2.05, 4.69) is 10.4 Å². The van der Waals surface area contributed by atoms with Crippen LogP contribution in [0.5, 0.6) is 0 Å². The standard InChI is InChI=1S/C11H18ClN3O2/c1-5-13-11(3,10(16)17-4)7-15-6-9(12)8(2)14-15/h6,13H,5,7H2,1-4H3. The second-order valence-corrected chi connectivity index (χ2v) is 4.52. The smallest absolute Gasteiger partial charge is 0.327 e. The Morgan fingerprint density at radius 1 is 1.71 bits per heavy atom. The molecule has 1 heterocycles. The number of aromatic nitrogens is 2. The summed E-state index contributed by atoms with van der Waals surface area (Å²) in [5.74, 6) is -0.316. The molecule has 1 atom stereocenters. The van der Waals surface area contributed by atoms with E-state index in [0.717, 1.165) is 5.69 Å². The molecular weight excluding hydrogens is 242 g/mol. The lowest BCUT2D eigenvalue weighted by Gasteiger charge is -2.27. The summed E-state index contributed by atoms with van der Waals surface area (Å²) in [6, 6.07) is 0. The van der Waals surface area contributed by atoms with Crippen LogP contribution in [-0.2, 0) is 16.1 Å². The van der Waals surface area contributed by atoms with E-state index < -0.39 is 5.54 Å². The van der Waals surface area contributed by atoms with E-state index in [-0.39, 0.29) is 5.97 Å². The molecule has 0 saturated heterocycles. The number of carbonyl (C=O) groups is 1. The summed E-state index contributed by atoms with van der Waals surface area (Å²) < 4.78 is 6.45. The first kappa shape index (κ1) is 14.0. The lowest BCUT2D eigenvalue weighted by Crippen LogP contribution is -2.53. The average Bonchev–Trinajstić information content (AvgIpc) is 2.56. The number of nitrogens with one attached hydrogen (secondary N) is 1. The molecule has 0 aromatic carbocycles. The molecule has 0 aliphatic heterocycles. The molecule has 0 radical (unpaired) electrons. The minimum Gasteiger partial charge on any atom is -0.468 e. The largest absolute Gasteiger partial charge is 0.468 e. The third kappa shape index (κ3) is 3.20. The Hall–Kier alpha value is -1.07. The molecule has 0 fully saturated rings. The zero-order valence-corrected chi connectivity index (χ0v) is 11.3. The van der Waals surface area contributed by atoms with Crippen molar-refractivity contribution in [2.45, 2.75) is 32.9 Å². The molecule has 1 unspecified atom stereocenters. The summed E-state index contributed by atoms with van der Waals surface area (Å²) in [6.45, 7) is 6.58. The van der Waals surface area contributed by atoms with Gasteiger partial charge in [0.05, 0.1) is 24.4 Å². The highest BCUT2D eigenvalue weighted by Crippen LogP contribution is 2.15. The first-order valence-corrected chi connectivity index (χ1v) is 5.83. The van der Waals surface area contributed by atoms with Gasteiger partial charge in [-0.1, -0.05) is 18.5 Å². The fraction of sp³-hybridized carbons (Fsp3) is 0.636. The third-order valence-corrected chi connectivity index (χ3v) is 2.94. The summed E-state index contributed by atoms with van der Waals surface area (Å²) in [7, 11) is 1.37. The Morgan fingerprint density at radius 3 is 2.76 bits per heavy atom. The van der Waals surface area contributed by atoms with Crippen LogP contribution in [0.15, 0.2) is 6.20 Å². The number of esters is 1. The minimum absolute atomic E-state index is 0.316. The Balaban J connectivity index is 2.90. The van der Waals surface area contributed by atoms with Gasteiger partial charge in [-0.05, 0) is 20.4 Å². The van der Waals surface area contributed by atoms with Crippen LogP contribution in [0, 0.1) is 6.92 Å². The highest BCUT2D eigenvalue weighted by molar-refractivity contribution is 6.31. The van der Waals surface area contributed by atoms with Crippen molar-refractivity contribution in [2.24, 2.45) is 0 Å². The Kier molecular flexibility index (Phi) is 4.54. The second kappa shape index (κ2) is 5.51. The monoisotopic (exact) mass is 259 g/mol. The fourth-order valence-corrected chi connectivity index (χ4v) is 1.86. The van der Waals surface area contributed by atoms with Crippen molar-refractivity contribution in [3.63, 3.8) is 0 Å². The molecule has 0 aliphatic rings. The maximum absolute atomic E-state index is 11.8. The van der Waals surface area contributed by atoms with Crippen LogP contribution in [0.4, 0.5) is 0 Å². The Labute approximate surface area is 106 Å². The highest BCUT2D eigenvalue weighted by Gasteiger charge is 2.34. The molecule has 0 spiro atoms. The SMILES string of the molecule is CCNC(C)(Cn1cc(Cl)c(C)n1)C(=O)OC. The van der Waals surface area contributed by atoms with Crippen molar-refractivity contribution in [1.29, 1.82) is 0 Å². The summed E-state index contributed by atoms with van der Waals surface area (Å²) in [5, 5.41) is 7.93. The molecule has 0 aliphatic carbocycles. The fourth-order valence-electron chi connectivity index (χ4n) is 1.71. The van der Waals surface area contributed by atoms with E-state index in [9.17, 15) is 4.79 Å². The first-order valence-electron chi connectivity index (χ1n) is 5.46. The quantitative estimate of drug-likeness (QED) is 0.812.